The van der Waals surface area contributed by atoms with Crippen LogP contribution in [-0.2, 0) is 4.74 Å². The summed E-state index contributed by atoms with van der Waals surface area (Å²) in [7, 11) is 0. The van der Waals surface area contributed by atoms with Gasteiger partial charge in [0.15, 0.2) is 5.82 Å². The van der Waals surface area contributed by atoms with Gasteiger partial charge in [-0.05, 0) is 19.1 Å². The third kappa shape index (κ3) is 1.52. The monoisotopic (exact) mass is 205 g/mol. The van der Waals surface area contributed by atoms with Crippen molar-refractivity contribution in [2.75, 3.05) is 12.3 Å². The molecular formula is C10H11N3O2. The van der Waals surface area contributed by atoms with Gasteiger partial charge in [0, 0.05) is 5.39 Å². The molecule has 2 rings (SSSR count). The predicted octanol–water partition coefficient (Wildman–Crippen LogP) is 1.32. The maximum Gasteiger partial charge on any atom is 0.340 e. The van der Waals surface area contributed by atoms with E-state index in [1.54, 1.807) is 25.1 Å². The minimum Gasteiger partial charge on any atom is -0.462 e. The summed E-state index contributed by atoms with van der Waals surface area (Å²) < 4.78 is 4.92. The van der Waals surface area contributed by atoms with Crippen LogP contribution in [0.3, 0.4) is 0 Å². The molecule has 0 aliphatic heterocycles. The van der Waals surface area contributed by atoms with Crippen molar-refractivity contribution in [1.29, 1.82) is 0 Å². The van der Waals surface area contributed by atoms with Crippen molar-refractivity contribution in [2.45, 2.75) is 6.92 Å². The number of hydrogen-bond acceptors (Lipinski definition) is 4. The Hall–Kier alpha value is -2.04. The van der Waals surface area contributed by atoms with Crippen molar-refractivity contribution in [3.63, 3.8) is 0 Å². The maximum absolute atomic E-state index is 11.6. The number of carbonyl (C=O) groups is 1. The normalized spacial score (nSPS) is 10.5. The van der Waals surface area contributed by atoms with Crippen LogP contribution >= 0.6 is 0 Å². The second kappa shape index (κ2) is 3.61. The lowest BCUT2D eigenvalue weighted by atomic mass is 10.1. The molecule has 0 bridgehead atoms. The number of aromatic nitrogens is 2. The first-order chi connectivity index (χ1) is 7.24. The van der Waals surface area contributed by atoms with Gasteiger partial charge >= 0.3 is 5.97 Å². The fraction of sp³-hybridized carbons (Fsp3) is 0.200. The molecule has 5 heteroatoms. The van der Waals surface area contributed by atoms with Crippen LogP contribution < -0.4 is 5.73 Å². The SMILES string of the molecule is CCOC(=O)c1cccc2c(N)n[nH]c12. The molecule has 0 radical (unpaired) electrons. The molecule has 78 valence electrons. The Morgan fingerprint density at radius 3 is 3.13 bits per heavy atom. The quantitative estimate of drug-likeness (QED) is 0.724. The number of carbonyl (C=O) groups excluding carboxylic acids is 1. The van der Waals surface area contributed by atoms with E-state index in [1.165, 1.54) is 0 Å². The van der Waals surface area contributed by atoms with Gasteiger partial charge in [0.1, 0.15) is 0 Å². The molecular weight excluding hydrogens is 194 g/mol. The molecule has 15 heavy (non-hydrogen) atoms. The van der Waals surface area contributed by atoms with Gasteiger partial charge in [0.05, 0.1) is 17.7 Å². The number of rotatable bonds is 2. The molecule has 0 aliphatic rings. The summed E-state index contributed by atoms with van der Waals surface area (Å²) >= 11 is 0. The molecule has 1 aromatic carbocycles. The van der Waals surface area contributed by atoms with Crippen molar-refractivity contribution >= 4 is 22.7 Å². The van der Waals surface area contributed by atoms with Crippen molar-refractivity contribution in [1.82, 2.24) is 10.2 Å². The van der Waals surface area contributed by atoms with Crippen LogP contribution in [0.2, 0.25) is 0 Å². The third-order valence-corrected chi connectivity index (χ3v) is 2.12. The van der Waals surface area contributed by atoms with Gasteiger partial charge < -0.3 is 10.5 Å². The van der Waals surface area contributed by atoms with Crippen LogP contribution in [0.4, 0.5) is 5.82 Å². The van der Waals surface area contributed by atoms with E-state index in [-0.39, 0.29) is 5.97 Å². The van der Waals surface area contributed by atoms with Crippen LogP contribution in [-0.4, -0.2) is 22.8 Å². The van der Waals surface area contributed by atoms with E-state index in [1.807, 2.05) is 0 Å². The van der Waals surface area contributed by atoms with Crippen LogP contribution in [0, 0.1) is 0 Å². The molecule has 1 heterocycles. The van der Waals surface area contributed by atoms with Crippen LogP contribution in [0.1, 0.15) is 17.3 Å². The van der Waals surface area contributed by atoms with Crippen molar-refractivity contribution in [2.24, 2.45) is 0 Å². The van der Waals surface area contributed by atoms with Gasteiger partial charge in [-0.25, -0.2) is 4.79 Å². The van der Waals surface area contributed by atoms with Gasteiger partial charge in [-0.2, -0.15) is 5.10 Å². The largest absolute Gasteiger partial charge is 0.462 e. The molecule has 2 aromatic rings. The molecule has 0 saturated heterocycles. The Labute approximate surface area is 86.2 Å². The summed E-state index contributed by atoms with van der Waals surface area (Å²) in [5, 5.41) is 7.30. The summed E-state index contributed by atoms with van der Waals surface area (Å²) in [6.45, 7) is 2.11. The van der Waals surface area contributed by atoms with E-state index >= 15 is 0 Å². The highest BCUT2D eigenvalue weighted by atomic mass is 16.5. The maximum atomic E-state index is 11.6. The minimum atomic E-state index is -0.369. The van der Waals surface area contributed by atoms with Crippen LogP contribution in [0.5, 0.6) is 0 Å². The molecule has 0 amide bonds. The molecule has 0 fully saturated rings. The number of fused-ring (bicyclic) bond motifs is 1. The zero-order valence-corrected chi connectivity index (χ0v) is 8.28. The lowest BCUT2D eigenvalue weighted by molar-refractivity contribution is 0.0528. The third-order valence-electron chi connectivity index (χ3n) is 2.12. The lowest BCUT2D eigenvalue weighted by Crippen LogP contribution is -2.05. The van der Waals surface area contributed by atoms with Crippen LogP contribution in [0.25, 0.3) is 10.9 Å². The topological polar surface area (TPSA) is 81.0 Å². The minimum absolute atomic E-state index is 0.346. The Kier molecular flexibility index (Phi) is 2.29. The van der Waals surface area contributed by atoms with E-state index in [9.17, 15) is 4.79 Å². The number of esters is 1. The highest BCUT2D eigenvalue weighted by Crippen LogP contribution is 2.21. The van der Waals surface area contributed by atoms with Crippen molar-refractivity contribution in [3.05, 3.63) is 23.8 Å². The average Bonchev–Trinajstić information content (AvgIpc) is 2.61. The molecule has 0 atom stereocenters. The Morgan fingerprint density at radius 1 is 1.60 bits per heavy atom. The van der Waals surface area contributed by atoms with Gasteiger partial charge in [0.25, 0.3) is 0 Å². The molecule has 1 aromatic heterocycles. The number of hydrogen-bond donors (Lipinski definition) is 2. The Bertz CT molecular complexity index is 504. The summed E-state index contributed by atoms with van der Waals surface area (Å²) in [4.78, 5) is 11.6. The van der Waals surface area contributed by atoms with E-state index in [2.05, 4.69) is 10.2 Å². The van der Waals surface area contributed by atoms with E-state index in [0.717, 1.165) is 5.39 Å². The summed E-state index contributed by atoms with van der Waals surface area (Å²) in [6.07, 6.45) is 0. The molecule has 3 N–H and O–H groups in total. The van der Waals surface area contributed by atoms with Gasteiger partial charge in [-0.3, -0.25) is 5.10 Å². The number of nitrogens with one attached hydrogen (secondary N) is 1. The zero-order valence-electron chi connectivity index (χ0n) is 8.28. The fourth-order valence-electron chi connectivity index (χ4n) is 1.44. The lowest BCUT2D eigenvalue weighted by Gasteiger charge is -2.01. The molecule has 0 unspecified atom stereocenters. The van der Waals surface area contributed by atoms with E-state index in [4.69, 9.17) is 10.5 Å². The number of aromatic amines is 1. The number of H-pyrrole nitrogens is 1. The average molecular weight is 205 g/mol. The molecule has 0 aliphatic carbocycles. The first kappa shape index (κ1) is 9.51. The number of anilines is 1. The van der Waals surface area contributed by atoms with E-state index < -0.39 is 0 Å². The molecule has 0 saturated carbocycles. The summed E-state index contributed by atoms with van der Waals surface area (Å²) in [5.74, 6) is 0.0166. The number of benzene rings is 1. The number of nitrogen functional groups attached to an aromatic ring is 1. The smallest absolute Gasteiger partial charge is 0.340 e. The first-order valence-electron chi connectivity index (χ1n) is 4.63. The van der Waals surface area contributed by atoms with Crippen LogP contribution in [0.15, 0.2) is 18.2 Å². The highest BCUT2D eigenvalue weighted by molar-refractivity contribution is 6.05. The number of nitrogens with zero attached hydrogens (tertiary/aromatic N) is 1. The predicted molar refractivity (Wildman–Crippen MR) is 56.5 cm³/mol. The van der Waals surface area contributed by atoms with Gasteiger partial charge in [-0.15, -0.1) is 0 Å². The second-order valence-electron chi connectivity index (χ2n) is 3.06. The summed E-state index contributed by atoms with van der Waals surface area (Å²) in [6, 6.07) is 5.23. The number of nitrogens with two attached hydrogens (primary N) is 1. The van der Waals surface area contributed by atoms with Crippen molar-refractivity contribution in [3.8, 4) is 0 Å². The van der Waals surface area contributed by atoms with Crippen molar-refractivity contribution < 1.29 is 9.53 Å². The Morgan fingerprint density at radius 2 is 2.40 bits per heavy atom. The van der Waals surface area contributed by atoms with E-state index in [0.29, 0.717) is 23.5 Å². The Balaban J connectivity index is 2.56. The second-order valence-corrected chi connectivity index (χ2v) is 3.06. The van der Waals surface area contributed by atoms with Gasteiger partial charge in [0.2, 0.25) is 0 Å². The number of ether oxygens (including phenoxy) is 1. The fourth-order valence-corrected chi connectivity index (χ4v) is 1.44. The first-order valence-corrected chi connectivity index (χ1v) is 4.63. The molecule has 0 spiro atoms. The number of para-hydroxylation sites is 1. The van der Waals surface area contributed by atoms with Gasteiger partial charge in [-0.1, -0.05) is 6.07 Å². The summed E-state index contributed by atoms with van der Waals surface area (Å²) in [5.41, 5.74) is 6.70. The highest BCUT2D eigenvalue weighted by Gasteiger charge is 2.13. The molecule has 5 nitrogen and oxygen atoms in total. The standard InChI is InChI=1S/C10H11N3O2/c1-2-15-10(14)7-5-3-4-6-8(7)12-13-9(6)11/h3-5H,2H2,1H3,(H3,11,12,13). The zero-order chi connectivity index (χ0) is 10.8.